The van der Waals surface area contributed by atoms with E-state index in [4.69, 9.17) is 0 Å². The van der Waals surface area contributed by atoms with Gasteiger partial charge in [0.05, 0.1) is 0 Å². The minimum Gasteiger partial charge on any atom is -0.166 e. The average molecular weight is 202 g/mol. The maximum absolute atomic E-state index is 12.7. The third kappa shape index (κ3) is 1.14. The number of alkyl halides is 3. The molecule has 0 saturated heterocycles. The van der Waals surface area contributed by atoms with Gasteiger partial charge in [-0.1, -0.05) is 5.57 Å². The first-order valence-electron chi connectivity index (χ1n) is 5.33. The normalized spacial score (nSPS) is 40.9. The summed E-state index contributed by atoms with van der Waals surface area (Å²) in [6, 6.07) is 0. The number of halogens is 3. The fraction of sp³-hybridized carbons (Fsp3) is 0.818. The van der Waals surface area contributed by atoms with E-state index in [1.54, 1.807) is 0 Å². The summed E-state index contributed by atoms with van der Waals surface area (Å²) >= 11 is 0. The van der Waals surface area contributed by atoms with Gasteiger partial charge in [0.2, 0.25) is 0 Å². The van der Waals surface area contributed by atoms with Crippen molar-refractivity contribution in [3.8, 4) is 0 Å². The molecule has 4 rings (SSSR count). The molecule has 4 bridgehead atoms. The minimum absolute atomic E-state index is 0.135. The van der Waals surface area contributed by atoms with E-state index in [0.29, 0.717) is 11.8 Å². The van der Waals surface area contributed by atoms with Crippen molar-refractivity contribution in [2.45, 2.75) is 38.3 Å². The molecule has 0 aromatic rings. The van der Waals surface area contributed by atoms with Crippen LogP contribution < -0.4 is 0 Å². The van der Waals surface area contributed by atoms with Gasteiger partial charge >= 0.3 is 6.18 Å². The highest BCUT2D eigenvalue weighted by molar-refractivity contribution is 5.30. The lowest BCUT2D eigenvalue weighted by molar-refractivity contribution is -0.109. The number of hydrogen-bond donors (Lipinski definition) is 0. The molecule has 4 aliphatic carbocycles. The third-order valence-electron chi connectivity index (χ3n) is 4.07. The topological polar surface area (TPSA) is 0 Å². The van der Waals surface area contributed by atoms with Gasteiger partial charge in [-0.3, -0.25) is 0 Å². The van der Waals surface area contributed by atoms with Crippen LogP contribution in [-0.2, 0) is 0 Å². The number of allylic oxidation sites excluding steroid dienone is 2. The standard InChI is InChI=1S/C11H13F3/c12-11(13,14)10-8-2-6-1-7(4-8)5-9(10)3-6/h6-8H,1-5H2. The third-order valence-corrected chi connectivity index (χ3v) is 4.07. The largest absolute Gasteiger partial charge is 0.412 e. The molecule has 2 atom stereocenters. The van der Waals surface area contributed by atoms with Gasteiger partial charge in [-0.05, 0) is 49.9 Å². The van der Waals surface area contributed by atoms with Crippen LogP contribution in [0.15, 0.2) is 11.1 Å². The van der Waals surface area contributed by atoms with Gasteiger partial charge in [0.1, 0.15) is 0 Å². The van der Waals surface area contributed by atoms with E-state index in [0.717, 1.165) is 31.3 Å². The van der Waals surface area contributed by atoms with E-state index in [1.165, 1.54) is 6.42 Å². The summed E-state index contributed by atoms with van der Waals surface area (Å²) < 4.78 is 38.2. The Morgan fingerprint density at radius 1 is 0.929 bits per heavy atom. The first kappa shape index (κ1) is 8.81. The molecular weight excluding hydrogens is 189 g/mol. The lowest BCUT2D eigenvalue weighted by Crippen LogP contribution is -2.39. The van der Waals surface area contributed by atoms with Crippen molar-refractivity contribution in [2.24, 2.45) is 17.8 Å². The molecule has 0 N–H and O–H groups in total. The predicted octanol–water partition coefficient (Wildman–Crippen LogP) is 3.69. The van der Waals surface area contributed by atoms with Crippen molar-refractivity contribution in [3.05, 3.63) is 11.1 Å². The molecule has 3 heteroatoms. The molecule has 78 valence electrons. The van der Waals surface area contributed by atoms with E-state index in [1.807, 2.05) is 0 Å². The molecule has 2 fully saturated rings. The Morgan fingerprint density at radius 3 is 1.93 bits per heavy atom. The van der Waals surface area contributed by atoms with E-state index < -0.39 is 6.18 Å². The maximum atomic E-state index is 12.7. The smallest absolute Gasteiger partial charge is 0.166 e. The van der Waals surface area contributed by atoms with E-state index in [2.05, 4.69) is 0 Å². The van der Waals surface area contributed by atoms with Crippen LogP contribution in [0.5, 0.6) is 0 Å². The average Bonchev–Trinajstić information content (AvgIpc) is 1.97. The predicted molar refractivity (Wildman–Crippen MR) is 46.6 cm³/mol. The summed E-state index contributed by atoms with van der Waals surface area (Å²) in [5, 5.41) is 0. The molecule has 0 aliphatic heterocycles. The Morgan fingerprint density at radius 2 is 1.50 bits per heavy atom. The maximum Gasteiger partial charge on any atom is 0.412 e. The Hall–Kier alpha value is -0.470. The second-order valence-electron chi connectivity index (χ2n) is 5.06. The Balaban J connectivity index is 2.04. The SMILES string of the molecule is FC(F)(F)C1=C2CC3CC(C2)CC1C3. The summed E-state index contributed by atoms with van der Waals surface area (Å²) in [5.74, 6) is 1.01. The molecule has 0 nitrogen and oxygen atoms in total. The van der Waals surface area contributed by atoms with Gasteiger partial charge in [-0.2, -0.15) is 13.2 Å². The summed E-state index contributed by atoms with van der Waals surface area (Å²) in [4.78, 5) is 0. The van der Waals surface area contributed by atoms with Crippen molar-refractivity contribution in [2.75, 3.05) is 0 Å². The van der Waals surface area contributed by atoms with Gasteiger partial charge in [0.15, 0.2) is 0 Å². The molecule has 2 saturated carbocycles. The van der Waals surface area contributed by atoms with Crippen molar-refractivity contribution < 1.29 is 13.2 Å². The summed E-state index contributed by atoms with van der Waals surface area (Å²) in [5.41, 5.74) is 0.617. The molecule has 0 aromatic heterocycles. The first-order chi connectivity index (χ1) is 6.54. The Bertz CT molecular complexity index is 284. The fourth-order valence-corrected chi connectivity index (χ4v) is 3.85. The highest BCUT2D eigenvalue weighted by Gasteiger charge is 2.50. The van der Waals surface area contributed by atoms with Crippen LogP contribution in [0.1, 0.15) is 32.1 Å². The van der Waals surface area contributed by atoms with Crippen molar-refractivity contribution in [1.82, 2.24) is 0 Å². The molecule has 0 heterocycles. The van der Waals surface area contributed by atoms with Crippen LogP contribution >= 0.6 is 0 Å². The van der Waals surface area contributed by atoms with Crippen LogP contribution in [0.25, 0.3) is 0 Å². The summed E-state index contributed by atoms with van der Waals surface area (Å²) in [7, 11) is 0. The van der Waals surface area contributed by atoms with Crippen LogP contribution in [-0.4, -0.2) is 6.18 Å². The fourth-order valence-electron chi connectivity index (χ4n) is 3.85. The van der Waals surface area contributed by atoms with E-state index in [9.17, 15) is 13.2 Å². The summed E-state index contributed by atoms with van der Waals surface area (Å²) in [6.45, 7) is 0. The molecule has 0 aromatic carbocycles. The molecule has 0 radical (unpaired) electrons. The summed E-state index contributed by atoms with van der Waals surface area (Å²) in [6.07, 6.45) is 0.214. The van der Waals surface area contributed by atoms with Gasteiger partial charge in [-0.15, -0.1) is 0 Å². The second-order valence-corrected chi connectivity index (χ2v) is 5.06. The zero-order chi connectivity index (χ0) is 9.92. The molecule has 0 spiro atoms. The van der Waals surface area contributed by atoms with Crippen LogP contribution in [0.2, 0.25) is 0 Å². The lowest BCUT2D eigenvalue weighted by atomic mass is 9.58. The van der Waals surface area contributed by atoms with Crippen molar-refractivity contribution in [3.63, 3.8) is 0 Å². The van der Waals surface area contributed by atoms with E-state index in [-0.39, 0.29) is 11.5 Å². The van der Waals surface area contributed by atoms with Gasteiger partial charge < -0.3 is 0 Å². The minimum atomic E-state index is -4.05. The lowest BCUT2D eigenvalue weighted by Gasteiger charge is -2.48. The van der Waals surface area contributed by atoms with Crippen molar-refractivity contribution >= 4 is 0 Å². The molecular formula is C11H13F3. The molecule has 2 unspecified atom stereocenters. The van der Waals surface area contributed by atoms with Gasteiger partial charge in [0, 0.05) is 5.57 Å². The first-order valence-corrected chi connectivity index (χ1v) is 5.33. The van der Waals surface area contributed by atoms with Crippen molar-refractivity contribution in [1.29, 1.82) is 0 Å². The second kappa shape index (κ2) is 2.56. The van der Waals surface area contributed by atoms with E-state index >= 15 is 0 Å². The van der Waals surface area contributed by atoms with Gasteiger partial charge in [-0.25, -0.2) is 0 Å². The Kier molecular flexibility index (Phi) is 1.61. The van der Waals surface area contributed by atoms with Crippen LogP contribution in [0.3, 0.4) is 0 Å². The van der Waals surface area contributed by atoms with Crippen LogP contribution in [0.4, 0.5) is 13.2 Å². The molecule has 14 heavy (non-hydrogen) atoms. The number of rotatable bonds is 0. The Labute approximate surface area is 81.2 Å². The number of hydrogen-bond acceptors (Lipinski definition) is 0. The van der Waals surface area contributed by atoms with Crippen LogP contribution in [0, 0.1) is 17.8 Å². The quantitative estimate of drug-likeness (QED) is 0.525. The van der Waals surface area contributed by atoms with Gasteiger partial charge in [0.25, 0.3) is 0 Å². The zero-order valence-corrected chi connectivity index (χ0v) is 7.90. The zero-order valence-electron chi connectivity index (χ0n) is 7.90. The highest BCUT2D eigenvalue weighted by atomic mass is 19.4. The highest BCUT2D eigenvalue weighted by Crippen LogP contribution is 2.56. The molecule has 0 amide bonds. The monoisotopic (exact) mass is 202 g/mol. The molecule has 4 aliphatic rings.